The van der Waals surface area contributed by atoms with E-state index >= 15 is 0 Å². The molecule has 0 aliphatic carbocycles. The number of carbonyl (C=O) groups is 2. The van der Waals surface area contributed by atoms with Crippen LogP contribution in [0.5, 0.6) is 11.5 Å². The van der Waals surface area contributed by atoms with Crippen molar-refractivity contribution in [1.82, 2.24) is 5.32 Å². The summed E-state index contributed by atoms with van der Waals surface area (Å²) in [5.74, 6) is 1.08. The SMILES string of the molecule is COc1ccc2c(c1)[C@@H](NC(=O)CN1C(=O)c3cccc4cccc1c34)CC(C)(C)O2. The van der Waals surface area contributed by atoms with Crippen molar-refractivity contribution in [1.29, 1.82) is 0 Å². The highest BCUT2D eigenvalue weighted by molar-refractivity contribution is 6.26. The topological polar surface area (TPSA) is 67.9 Å². The summed E-state index contributed by atoms with van der Waals surface area (Å²) in [5.41, 5.74) is 1.88. The number of fused-ring (bicyclic) bond motifs is 1. The monoisotopic (exact) mass is 416 g/mol. The quantitative estimate of drug-likeness (QED) is 0.691. The molecule has 0 radical (unpaired) electrons. The van der Waals surface area contributed by atoms with Crippen LogP contribution in [-0.4, -0.2) is 31.1 Å². The van der Waals surface area contributed by atoms with E-state index in [-0.39, 0.29) is 24.4 Å². The summed E-state index contributed by atoms with van der Waals surface area (Å²) in [5, 5.41) is 5.03. The second-order valence-electron chi connectivity index (χ2n) is 8.66. The molecular weight excluding hydrogens is 392 g/mol. The van der Waals surface area contributed by atoms with Crippen molar-refractivity contribution in [3.05, 3.63) is 65.7 Å². The minimum Gasteiger partial charge on any atom is -0.497 e. The molecule has 158 valence electrons. The Morgan fingerprint density at radius 1 is 1.19 bits per heavy atom. The second-order valence-corrected chi connectivity index (χ2v) is 8.66. The van der Waals surface area contributed by atoms with Crippen LogP contribution in [0.15, 0.2) is 54.6 Å². The van der Waals surface area contributed by atoms with Gasteiger partial charge < -0.3 is 14.8 Å². The molecule has 0 unspecified atom stereocenters. The molecule has 5 rings (SSSR count). The smallest absolute Gasteiger partial charge is 0.259 e. The van der Waals surface area contributed by atoms with Crippen LogP contribution in [0.25, 0.3) is 10.8 Å². The van der Waals surface area contributed by atoms with Crippen molar-refractivity contribution in [2.45, 2.75) is 31.9 Å². The number of amides is 2. The summed E-state index contributed by atoms with van der Waals surface area (Å²) in [6.45, 7) is 3.96. The van der Waals surface area contributed by atoms with E-state index in [0.29, 0.717) is 17.7 Å². The Kier molecular flexibility index (Phi) is 4.39. The Morgan fingerprint density at radius 3 is 2.74 bits per heavy atom. The fourth-order valence-electron chi connectivity index (χ4n) is 4.61. The summed E-state index contributed by atoms with van der Waals surface area (Å²) in [7, 11) is 1.61. The number of methoxy groups -OCH3 is 1. The van der Waals surface area contributed by atoms with Gasteiger partial charge in [-0.2, -0.15) is 0 Å². The Hall–Kier alpha value is -3.54. The van der Waals surface area contributed by atoms with Gasteiger partial charge in [-0.1, -0.05) is 24.3 Å². The minimum absolute atomic E-state index is 0.0380. The molecule has 1 atom stereocenters. The fourth-order valence-corrected chi connectivity index (χ4v) is 4.61. The highest BCUT2D eigenvalue weighted by atomic mass is 16.5. The summed E-state index contributed by atoms with van der Waals surface area (Å²) < 4.78 is 11.4. The van der Waals surface area contributed by atoms with E-state index in [9.17, 15) is 9.59 Å². The van der Waals surface area contributed by atoms with E-state index in [1.54, 1.807) is 12.0 Å². The van der Waals surface area contributed by atoms with E-state index in [1.165, 1.54) is 0 Å². The van der Waals surface area contributed by atoms with Gasteiger partial charge in [-0.3, -0.25) is 14.5 Å². The van der Waals surface area contributed by atoms with Crippen LogP contribution in [0.3, 0.4) is 0 Å². The molecule has 6 heteroatoms. The second kappa shape index (κ2) is 7.01. The van der Waals surface area contributed by atoms with Crippen LogP contribution >= 0.6 is 0 Å². The van der Waals surface area contributed by atoms with Crippen molar-refractivity contribution in [2.75, 3.05) is 18.6 Å². The van der Waals surface area contributed by atoms with Gasteiger partial charge in [-0.05, 0) is 49.6 Å². The Morgan fingerprint density at radius 2 is 1.97 bits per heavy atom. The third-order valence-corrected chi connectivity index (χ3v) is 5.96. The number of benzene rings is 3. The third-order valence-electron chi connectivity index (χ3n) is 5.96. The number of nitrogens with zero attached hydrogens (tertiary/aromatic N) is 1. The first-order chi connectivity index (χ1) is 14.9. The van der Waals surface area contributed by atoms with Crippen molar-refractivity contribution < 1.29 is 19.1 Å². The van der Waals surface area contributed by atoms with Gasteiger partial charge in [0, 0.05) is 22.9 Å². The maximum absolute atomic E-state index is 13.1. The lowest BCUT2D eigenvalue weighted by Crippen LogP contribution is -2.45. The zero-order chi connectivity index (χ0) is 21.8. The molecule has 2 aliphatic rings. The average molecular weight is 416 g/mol. The zero-order valence-corrected chi connectivity index (χ0v) is 17.8. The molecule has 3 aromatic carbocycles. The summed E-state index contributed by atoms with van der Waals surface area (Å²) in [6, 6.07) is 16.8. The Labute approximate surface area is 180 Å². The lowest BCUT2D eigenvalue weighted by molar-refractivity contribution is -0.121. The highest BCUT2D eigenvalue weighted by Crippen LogP contribution is 2.41. The minimum atomic E-state index is -0.426. The van der Waals surface area contributed by atoms with Crippen LogP contribution in [0, 0.1) is 0 Å². The predicted molar refractivity (Wildman–Crippen MR) is 119 cm³/mol. The average Bonchev–Trinajstić information content (AvgIpc) is 3.01. The molecule has 2 amide bonds. The van der Waals surface area contributed by atoms with Gasteiger partial charge in [0.05, 0.1) is 18.8 Å². The number of nitrogens with one attached hydrogen (secondary N) is 1. The van der Waals surface area contributed by atoms with Crippen LogP contribution in [0.4, 0.5) is 5.69 Å². The van der Waals surface area contributed by atoms with Gasteiger partial charge in [0.1, 0.15) is 23.6 Å². The van der Waals surface area contributed by atoms with Crippen LogP contribution in [0.1, 0.15) is 42.2 Å². The van der Waals surface area contributed by atoms with Crippen LogP contribution < -0.4 is 19.7 Å². The van der Waals surface area contributed by atoms with Crippen molar-refractivity contribution >= 4 is 28.3 Å². The summed E-state index contributed by atoms with van der Waals surface area (Å²) in [4.78, 5) is 27.6. The van der Waals surface area contributed by atoms with Gasteiger partial charge in [-0.25, -0.2) is 0 Å². The fraction of sp³-hybridized carbons (Fsp3) is 0.280. The first-order valence-electron chi connectivity index (χ1n) is 10.4. The molecule has 3 aromatic rings. The maximum Gasteiger partial charge on any atom is 0.259 e. The molecule has 0 aromatic heterocycles. The number of anilines is 1. The first kappa shape index (κ1) is 19.4. The van der Waals surface area contributed by atoms with Crippen LogP contribution in [0.2, 0.25) is 0 Å². The molecule has 0 bridgehead atoms. The molecule has 0 fully saturated rings. The van der Waals surface area contributed by atoms with E-state index in [0.717, 1.165) is 27.8 Å². The molecule has 0 spiro atoms. The van der Waals surface area contributed by atoms with Crippen molar-refractivity contribution in [3.63, 3.8) is 0 Å². The predicted octanol–water partition coefficient (Wildman–Crippen LogP) is 4.23. The Bertz CT molecular complexity index is 1210. The van der Waals surface area contributed by atoms with Crippen molar-refractivity contribution in [3.8, 4) is 11.5 Å². The van der Waals surface area contributed by atoms with Gasteiger partial charge in [-0.15, -0.1) is 0 Å². The number of hydrogen-bond donors (Lipinski definition) is 1. The molecule has 2 aliphatic heterocycles. The number of rotatable bonds is 4. The Balaban J connectivity index is 1.41. The van der Waals surface area contributed by atoms with Crippen LogP contribution in [-0.2, 0) is 4.79 Å². The summed E-state index contributed by atoms with van der Waals surface area (Å²) in [6.07, 6.45) is 0.614. The third kappa shape index (κ3) is 3.28. The molecule has 31 heavy (non-hydrogen) atoms. The van der Waals surface area contributed by atoms with E-state index in [2.05, 4.69) is 5.32 Å². The zero-order valence-electron chi connectivity index (χ0n) is 17.8. The molecule has 2 heterocycles. The molecule has 0 saturated heterocycles. The summed E-state index contributed by atoms with van der Waals surface area (Å²) >= 11 is 0. The normalized spacial score (nSPS) is 18.5. The molecular formula is C25H24N2O4. The number of ether oxygens (including phenoxy) is 2. The largest absolute Gasteiger partial charge is 0.497 e. The first-order valence-corrected chi connectivity index (χ1v) is 10.4. The van der Waals surface area contributed by atoms with Gasteiger partial charge >= 0.3 is 0 Å². The molecule has 6 nitrogen and oxygen atoms in total. The lowest BCUT2D eigenvalue weighted by atomic mass is 9.89. The van der Waals surface area contributed by atoms with Gasteiger partial charge in [0.15, 0.2) is 0 Å². The molecule has 0 saturated carbocycles. The van der Waals surface area contributed by atoms with Gasteiger partial charge in [0.2, 0.25) is 5.91 Å². The number of hydrogen-bond acceptors (Lipinski definition) is 4. The molecule has 1 N–H and O–H groups in total. The maximum atomic E-state index is 13.1. The van der Waals surface area contributed by atoms with E-state index in [4.69, 9.17) is 9.47 Å². The van der Waals surface area contributed by atoms with E-state index in [1.807, 2.05) is 68.4 Å². The lowest BCUT2D eigenvalue weighted by Gasteiger charge is -2.38. The number of carbonyl (C=O) groups excluding carboxylic acids is 2. The van der Waals surface area contributed by atoms with Gasteiger partial charge in [0.25, 0.3) is 5.91 Å². The van der Waals surface area contributed by atoms with Crippen molar-refractivity contribution in [2.24, 2.45) is 0 Å². The van der Waals surface area contributed by atoms with E-state index < -0.39 is 5.60 Å². The standard InChI is InChI=1S/C25H24N2O4/c1-25(2)13-19(18-12-16(30-3)10-11-21(18)31-25)26-22(28)14-27-20-9-5-7-15-6-4-8-17(23(15)20)24(27)29/h4-12,19H,13-14H2,1-3H3,(H,26,28)/t19-/m0/s1. The highest BCUT2D eigenvalue weighted by Gasteiger charge is 2.36.